The first-order valence-corrected chi connectivity index (χ1v) is 5.67. The van der Waals surface area contributed by atoms with Crippen molar-refractivity contribution in [3.8, 4) is 0 Å². The summed E-state index contributed by atoms with van der Waals surface area (Å²) < 4.78 is 0. The highest BCUT2D eigenvalue weighted by Gasteiger charge is 2.09. The highest BCUT2D eigenvalue weighted by molar-refractivity contribution is 7.07. The van der Waals surface area contributed by atoms with Crippen molar-refractivity contribution in [1.82, 2.24) is 4.98 Å². The van der Waals surface area contributed by atoms with Crippen LogP contribution >= 0.6 is 11.3 Å². The van der Waals surface area contributed by atoms with E-state index in [0.717, 1.165) is 5.56 Å². The molecule has 0 aliphatic carbocycles. The molecular weight excluding hydrogens is 222 g/mol. The van der Waals surface area contributed by atoms with Crippen molar-refractivity contribution in [3.05, 3.63) is 40.3 Å². The lowest BCUT2D eigenvalue weighted by molar-refractivity contribution is 0.102. The number of carbonyl (C=O) groups is 1. The lowest BCUT2D eigenvalue weighted by atomic mass is 10.2. The van der Waals surface area contributed by atoms with Crippen LogP contribution in [0.4, 0.5) is 11.4 Å². The summed E-state index contributed by atoms with van der Waals surface area (Å²) in [5.41, 5.74) is 10.0. The monoisotopic (exact) mass is 233 g/mol. The molecule has 1 heterocycles. The first-order chi connectivity index (χ1) is 7.66. The number of hydrogen-bond acceptors (Lipinski definition) is 4. The van der Waals surface area contributed by atoms with Gasteiger partial charge in [0.05, 0.1) is 16.9 Å². The van der Waals surface area contributed by atoms with Crippen molar-refractivity contribution >= 4 is 28.6 Å². The van der Waals surface area contributed by atoms with Crippen LogP contribution in [-0.2, 0) is 0 Å². The Kier molecular flexibility index (Phi) is 2.87. The van der Waals surface area contributed by atoms with E-state index >= 15 is 0 Å². The molecule has 1 aromatic heterocycles. The molecule has 16 heavy (non-hydrogen) atoms. The van der Waals surface area contributed by atoms with Crippen molar-refractivity contribution in [2.75, 3.05) is 11.1 Å². The molecule has 3 N–H and O–H groups in total. The fraction of sp³-hybridized carbons (Fsp3) is 0.0909. The molecule has 1 aromatic carbocycles. The van der Waals surface area contributed by atoms with E-state index in [1.165, 1.54) is 11.3 Å². The number of thiazole rings is 1. The number of nitrogens with zero attached hydrogens (tertiary/aromatic N) is 1. The van der Waals surface area contributed by atoms with E-state index < -0.39 is 0 Å². The largest absolute Gasteiger partial charge is 0.397 e. The third kappa shape index (κ3) is 2.20. The first-order valence-electron chi connectivity index (χ1n) is 4.72. The SMILES string of the molecule is Cc1ccc(NC(=O)c2cscn2)c(N)c1. The number of anilines is 2. The molecule has 0 atom stereocenters. The molecule has 2 aromatic rings. The van der Waals surface area contributed by atoms with E-state index in [1.54, 1.807) is 17.0 Å². The van der Waals surface area contributed by atoms with Crippen LogP contribution in [0.2, 0.25) is 0 Å². The van der Waals surface area contributed by atoms with Crippen LogP contribution in [0.1, 0.15) is 16.1 Å². The van der Waals surface area contributed by atoms with Gasteiger partial charge in [-0.2, -0.15) is 0 Å². The van der Waals surface area contributed by atoms with E-state index in [0.29, 0.717) is 17.1 Å². The second-order valence-corrected chi connectivity index (χ2v) is 4.14. The Balaban J connectivity index is 2.18. The molecule has 0 aliphatic heterocycles. The maximum atomic E-state index is 11.7. The number of nitrogens with two attached hydrogens (primary N) is 1. The normalized spacial score (nSPS) is 10.1. The highest BCUT2D eigenvalue weighted by Crippen LogP contribution is 2.20. The third-order valence-corrected chi connectivity index (χ3v) is 2.71. The first kappa shape index (κ1) is 10.6. The maximum absolute atomic E-state index is 11.7. The van der Waals surface area contributed by atoms with Gasteiger partial charge < -0.3 is 11.1 Å². The Morgan fingerprint density at radius 1 is 1.50 bits per heavy atom. The number of nitrogen functional groups attached to an aromatic ring is 1. The van der Waals surface area contributed by atoms with Gasteiger partial charge in [-0.1, -0.05) is 6.07 Å². The molecule has 82 valence electrons. The van der Waals surface area contributed by atoms with Gasteiger partial charge >= 0.3 is 0 Å². The summed E-state index contributed by atoms with van der Waals surface area (Å²) >= 11 is 1.38. The Morgan fingerprint density at radius 3 is 2.94 bits per heavy atom. The molecule has 1 amide bonds. The van der Waals surface area contributed by atoms with E-state index in [9.17, 15) is 4.79 Å². The summed E-state index contributed by atoms with van der Waals surface area (Å²) in [5.74, 6) is -0.239. The van der Waals surface area contributed by atoms with Crippen molar-refractivity contribution in [2.24, 2.45) is 0 Å². The van der Waals surface area contributed by atoms with Crippen LogP contribution in [-0.4, -0.2) is 10.9 Å². The van der Waals surface area contributed by atoms with Crippen molar-refractivity contribution < 1.29 is 4.79 Å². The van der Waals surface area contributed by atoms with Crippen molar-refractivity contribution in [3.63, 3.8) is 0 Å². The summed E-state index contributed by atoms with van der Waals surface area (Å²) in [6.07, 6.45) is 0. The maximum Gasteiger partial charge on any atom is 0.275 e. The van der Waals surface area contributed by atoms with Crippen LogP contribution in [0.5, 0.6) is 0 Å². The summed E-state index contributed by atoms with van der Waals surface area (Å²) in [7, 11) is 0. The predicted molar refractivity (Wildman–Crippen MR) is 65.7 cm³/mol. The average molecular weight is 233 g/mol. The lowest BCUT2D eigenvalue weighted by Crippen LogP contribution is -2.13. The van der Waals surface area contributed by atoms with Gasteiger partial charge in [-0.3, -0.25) is 4.79 Å². The smallest absolute Gasteiger partial charge is 0.275 e. The summed E-state index contributed by atoms with van der Waals surface area (Å²) in [4.78, 5) is 15.6. The van der Waals surface area contributed by atoms with E-state index in [2.05, 4.69) is 10.3 Å². The highest BCUT2D eigenvalue weighted by atomic mass is 32.1. The van der Waals surface area contributed by atoms with Gasteiger partial charge in [0.25, 0.3) is 5.91 Å². The predicted octanol–water partition coefficient (Wildman–Crippen LogP) is 2.29. The zero-order chi connectivity index (χ0) is 11.5. The van der Waals surface area contributed by atoms with E-state index in [-0.39, 0.29) is 5.91 Å². The van der Waals surface area contributed by atoms with Crippen molar-refractivity contribution in [1.29, 1.82) is 0 Å². The topological polar surface area (TPSA) is 68.0 Å². The molecule has 5 heteroatoms. The molecule has 0 fully saturated rings. The van der Waals surface area contributed by atoms with Gasteiger partial charge in [0.2, 0.25) is 0 Å². The second-order valence-electron chi connectivity index (χ2n) is 3.42. The minimum absolute atomic E-state index is 0.239. The summed E-state index contributed by atoms with van der Waals surface area (Å²) in [6, 6.07) is 5.50. The number of hydrogen-bond donors (Lipinski definition) is 2. The van der Waals surface area contributed by atoms with Gasteiger partial charge in [-0.25, -0.2) is 4.98 Å². The van der Waals surface area contributed by atoms with Crippen LogP contribution in [0.3, 0.4) is 0 Å². The molecule has 0 radical (unpaired) electrons. The number of aryl methyl sites for hydroxylation is 1. The van der Waals surface area contributed by atoms with Gasteiger partial charge in [-0.15, -0.1) is 11.3 Å². The molecule has 0 saturated heterocycles. The van der Waals surface area contributed by atoms with Crippen LogP contribution in [0.25, 0.3) is 0 Å². The summed E-state index contributed by atoms with van der Waals surface area (Å²) in [5, 5.41) is 4.41. The van der Waals surface area contributed by atoms with Crippen LogP contribution < -0.4 is 11.1 Å². The van der Waals surface area contributed by atoms with Crippen LogP contribution in [0, 0.1) is 6.92 Å². The number of rotatable bonds is 2. The Hall–Kier alpha value is -1.88. The fourth-order valence-corrected chi connectivity index (χ4v) is 1.84. The zero-order valence-corrected chi connectivity index (χ0v) is 9.54. The van der Waals surface area contributed by atoms with Crippen molar-refractivity contribution in [2.45, 2.75) is 6.92 Å². The fourth-order valence-electron chi connectivity index (χ4n) is 1.31. The molecule has 0 unspecified atom stereocenters. The van der Waals surface area contributed by atoms with Gasteiger partial charge in [-0.05, 0) is 24.6 Å². The third-order valence-electron chi connectivity index (χ3n) is 2.12. The van der Waals surface area contributed by atoms with E-state index in [4.69, 9.17) is 5.73 Å². The minimum atomic E-state index is -0.239. The van der Waals surface area contributed by atoms with Crippen LogP contribution in [0.15, 0.2) is 29.1 Å². The molecule has 0 aliphatic rings. The van der Waals surface area contributed by atoms with Gasteiger partial charge in [0.15, 0.2) is 0 Å². The summed E-state index contributed by atoms with van der Waals surface area (Å²) in [6.45, 7) is 1.95. The molecular formula is C11H11N3OS. The molecule has 4 nitrogen and oxygen atoms in total. The number of benzene rings is 1. The average Bonchev–Trinajstić information content (AvgIpc) is 2.75. The second kappa shape index (κ2) is 4.32. The number of amides is 1. The number of aromatic nitrogens is 1. The zero-order valence-electron chi connectivity index (χ0n) is 8.73. The molecule has 0 bridgehead atoms. The molecule has 0 saturated carbocycles. The Bertz CT molecular complexity index is 508. The van der Waals surface area contributed by atoms with Gasteiger partial charge in [0.1, 0.15) is 5.69 Å². The number of nitrogens with one attached hydrogen (secondary N) is 1. The molecule has 2 rings (SSSR count). The Morgan fingerprint density at radius 2 is 2.31 bits per heavy atom. The molecule has 0 spiro atoms. The Labute approximate surface area is 97.1 Å². The van der Waals surface area contributed by atoms with E-state index in [1.807, 2.05) is 19.1 Å². The number of carbonyl (C=O) groups excluding carboxylic acids is 1. The standard InChI is InChI=1S/C11H11N3OS/c1-7-2-3-9(8(12)4-7)14-11(15)10-5-16-6-13-10/h2-6H,12H2,1H3,(H,14,15). The quantitative estimate of drug-likeness (QED) is 0.782. The van der Waals surface area contributed by atoms with Gasteiger partial charge in [0, 0.05) is 5.38 Å². The minimum Gasteiger partial charge on any atom is -0.397 e. The lowest BCUT2D eigenvalue weighted by Gasteiger charge is -2.07.